The molecule has 0 spiro atoms. The zero-order valence-electron chi connectivity index (χ0n) is 14.5. The second kappa shape index (κ2) is 8.82. The number of carbonyl (C=O) groups is 1. The fraction of sp³-hybridized carbons (Fsp3) is 0.211. The van der Waals surface area contributed by atoms with Crippen LogP contribution in [-0.2, 0) is 9.53 Å². The van der Waals surface area contributed by atoms with Crippen LogP contribution in [0.4, 0.5) is 10.8 Å². The van der Waals surface area contributed by atoms with E-state index in [4.69, 9.17) is 4.74 Å². The van der Waals surface area contributed by atoms with Gasteiger partial charge < -0.3 is 10.1 Å². The Hall–Kier alpha value is -2.38. The van der Waals surface area contributed by atoms with E-state index in [2.05, 4.69) is 15.5 Å². The van der Waals surface area contributed by atoms with Gasteiger partial charge in [-0.1, -0.05) is 65.6 Å². The van der Waals surface area contributed by atoms with Gasteiger partial charge in [0.05, 0.1) is 6.61 Å². The Labute approximate surface area is 160 Å². The molecule has 0 saturated heterocycles. The molecule has 7 heteroatoms. The summed E-state index contributed by atoms with van der Waals surface area (Å²) >= 11 is 2.77. The minimum atomic E-state index is -0.462. The molecule has 0 bridgehead atoms. The normalized spacial score (nSPS) is 11.8. The molecule has 3 aromatic rings. The van der Waals surface area contributed by atoms with E-state index in [1.165, 1.54) is 28.7 Å². The lowest BCUT2D eigenvalue weighted by atomic mass is 10.1. The van der Waals surface area contributed by atoms with Gasteiger partial charge in [-0.15, -0.1) is 10.2 Å². The zero-order valence-corrected chi connectivity index (χ0v) is 16.1. The van der Waals surface area contributed by atoms with Gasteiger partial charge in [0.1, 0.15) is 5.25 Å². The van der Waals surface area contributed by atoms with Gasteiger partial charge in [-0.2, -0.15) is 0 Å². The molecule has 5 nitrogen and oxygen atoms in total. The van der Waals surface area contributed by atoms with Crippen molar-refractivity contribution in [3.05, 3.63) is 65.7 Å². The molecule has 0 saturated carbocycles. The molecular formula is C19H19N3O2S2. The second-order valence-corrected chi connectivity index (χ2v) is 7.86. The number of esters is 1. The van der Waals surface area contributed by atoms with Gasteiger partial charge in [0.15, 0.2) is 4.34 Å². The third-order valence-electron chi connectivity index (χ3n) is 3.50. The summed E-state index contributed by atoms with van der Waals surface area (Å²) in [7, 11) is 0. The predicted molar refractivity (Wildman–Crippen MR) is 106 cm³/mol. The summed E-state index contributed by atoms with van der Waals surface area (Å²) in [6, 6.07) is 17.6. The number of benzene rings is 2. The van der Waals surface area contributed by atoms with Crippen LogP contribution in [0.5, 0.6) is 0 Å². The Morgan fingerprint density at radius 1 is 1.19 bits per heavy atom. The van der Waals surface area contributed by atoms with Gasteiger partial charge >= 0.3 is 5.97 Å². The highest BCUT2D eigenvalue weighted by atomic mass is 32.2. The molecule has 0 aliphatic rings. The number of rotatable bonds is 7. The summed E-state index contributed by atoms with van der Waals surface area (Å²) in [5.74, 6) is -0.271. The number of hydrogen-bond donors (Lipinski definition) is 1. The number of carbonyl (C=O) groups excluding carboxylic acids is 1. The van der Waals surface area contributed by atoms with Crippen LogP contribution in [0, 0.1) is 6.92 Å². The van der Waals surface area contributed by atoms with Crippen LogP contribution >= 0.6 is 23.1 Å². The van der Waals surface area contributed by atoms with Gasteiger partial charge in [0, 0.05) is 5.69 Å². The van der Waals surface area contributed by atoms with Crippen molar-refractivity contribution in [2.45, 2.75) is 23.4 Å². The molecule has 26 heavy (non-hydrogen) atoms. The molecule has 0 unspecified atom stereocenters. The smallest absolute Gasteiger partial charge is 0.324 e. The molecule has 1 N–H and O–H groups in total. The Kier molecular flexibility index (Phi) is 6.25. The standard InChI is InChI=1S/C19H19N3O2S2/c1-3-24-17(23)16(14-9-5-4-6-10-14)25-19-22-21-18(26-19)20-15-11-7-8-13(2)12-15/h4-12,16H,3H2,1-2H3,(H,20,21)/t16-/m0/s1. The van der Waals surface area contributed by atoms with Crippen molar-refractivity contribution in [2.75, 3.05) is 11.9 Å². The molecule has 0 aliphatic heterocycles. The third-order valence-corrected chi connectivity index (χ3v) is 5.65. The van der Waals surface area contributed by atoms with Crippen LogP contribution < -0.4 is 5.32 Å². The molecule has 0 radical (unpaired) electrons. The largest absolute Gasteiger partial charge is 0.465 e. The van der Waals surface area contributed by atoms with Crippen LogP contribution in [0.3, 0.4) is 0 Å². The van der Waals surface area contributed by atoms with Crippen molar-refractivity contribution in [1.82, 2.24) is 10.2 Å². The number of anilines is 2. The number of thioether (sulfide) groups is 1. The Balaban J connectivity index is 1.75. The molecule has 1 aromatic heterocycles. The van der Waals surface area contributed by atoms with Crippen molar-refractivity contribution in [1.29, 1.82) is 0 Å². The van der Waals surface area contributed by atoms with Gasteiger partial charge in [-0.25, -0.2) is 0 Å². The van der Waals surface area contributed by atoms with Gasteiger partial charge in [0.2, 0.25) is 5.13 Å². The van der Waals surface area contributed by atoms with E-state index in [1.807, 2.05) is 61.5 Å². The second-order valence-electron chi connectivity index (χ2n) is 5.53. The molecule has 0 amide bonds. The van der Waals surface area contributed by atoms with Crippen LogP contribution in [0.15, 0.2) is 58.9 Å². The fourth-order valence-electron chi connectivity index (χ4n) is 2.35. The maximum Gasteiger partial charge on any atom is 0.324 e. The number of ether oxygens (including phenoxy) is 1. The average Bonchev–Trinajstić information content (AvgIpc) is 3.07. The summed E-state index contributed by atoms with van der Waals surface area (Å²) in [5, 5.41) is 11.9. The van der Waals surface area contributed by atoms with E-state index in [0.29, 0.717) is 16.1 Å². The monoisotopic (exact) mass is 385 g/mol. The summed E-state index contributed by atoms with van der Waals surface area (Å²) in [5.41, 5.74) is 3.02. The summed E-state index contributed by atoms with van der Waals surface area (Å²) in [4.78, 5) is 12.4. The van der Waals surface area contributed by atoms with Crippen molar-refractivity contribution in [3.8, 4) is 0 Å². The van der Waals surface area contributed by atoms with E-state index >= 15 is 0 Å². The maximum absolute atomic E-state index is 12.4. The first-order valence-electron chi connectivity index (χ1n) is 8.21. The lowest BCUT2D eigenvalue weighted by Gasteiger charge is -2.13. The zero-order chi connectivity index (χ0) is 18.4. The Morgan fingerprint density at radius 3 is 2.73 bits per heavy atom. The number of aryl methyl sites for hydroxylation is 1. The molecule has 134 valence electrons. The van der Waals surface area contributed by atoms with Crippen molar-refractivity contribution in [3.63, 3.8) is 0 Å². The minimum absolute atomic E-state index is 0.271. The highest BCUT2D eigenvalue weighted by Gasteiger charge is 2.25. The highest BCUT2D eigenvalue weighted by molar-refractivity contribution is 8.01. The van der Waals surface area contributed by atoms with E-state index in [9.17, 15) is 4.79 Å². The Bertz CT molecular complexity index is 868. The van der Waals surface area contributed by atoms with Gasteiger partial charge in [-0.3, -0.25) is 4.79 Å². The first kappa shape index (κ1) is 18.4. The van der Waals surface area contributed by atoms with Crippen LogP contribution in [-0.4, -0.2) is 22.8 Å². The number of nitrogens with one attached hydrogen (secondary N) is 1. The molecule has 2 aromatic carbocycles. The van der Waals surface area contributed by atoms with Crippen LogP contribution in [0.1, 0.15) is 23.3 Å². The number of hydrogen-bond acceptors (Lipinski definition) is 7. The minimum Gasteiger partial charge on any atom is -0.465 e. The van der Waals surface area contributed by atoms with Crippen LogP contribution in [0.25, 0.3) is 0 Å². The first-order valence-corrected chi connectivity index (χ1v) is 9.90. The molecule has 0 fully saturated rings. The Morgan fingerprint density at radius 2 is 2.00 bits per heavy atom. The predicted octanol–water partition coefficient (Wildman–Crippen LogP) is 4.99. The summed E-state index contributed by atoms with van der Waals surface area (Å²) < 4.78 is 5.94. The van der Waals surface area contributed by atoms with E-state index in [0.717, 1.165) is 11.3 Å². The van der Waals surface area contributed by atoms with Crippen molar-refractivity contribution in [2.24, 2.45) is 0 Å². The van der Waals surface area contributed by atoms with Crippen molar-refractivity contribution >= 4 is 39.9 Å². The third kappa shape index (κ3) is 4.83. The fourth-order valence-corrected chi connectivity index (χ4v) is 4.32. The summed E-state index contributed by atoms with van der Waals surface area (Å²) in [6.45, 7) is 4.19. The molecule has 0 aliphatic carbocycles. The quantitative estimate of drug-likeness (QED) is 0.457. The maximum atomic E-state index is 12.4. The molecule has 3 rings (SSSR count). The highest BCUT2D eigenvalue weighted by Crippen LogP contribution is 2.39. The SMILES string of the molecule is CCOC(=O)[C@@H](Sc1nnc(Nc2cccc(C)c2)s1)c1ccccc1. The molecule has 1 heterocycles. The van der Waals surface area contributed by atoms with E-state index < -0.39 is 5.25 Å². The number of nitrogens with zero attached hydrogens (tertiary/aromatic N) is 2. The van der Waals surface area contributed by atoms with Crippen molar-refractivity contribution < 1.29 is 9.53 Å². The lowest BCUT2D eigenvalue weighted by Crippen LogP contribution is -2.13. The van der Waals surface area contributed by atoms with Gasteiger partial charge in [-0.05, 0) is 37.1 Å². The topological polar surface area (TPSA) is 64.1 Å². The molecular weight excluding hydrogens is 366 g/mol. The lowest BCUT2D eigenvalue weighted by molar-refractivity contribution is -0.142. The first-order chi connectivity index (χ1) is 12.7. The molecule has 1 atom stereocenters. The van der Waals surface area contributed by atoms with E-state index in [1.54, 1.807) is 6.92 Å². The average molecular weight is 386 g/mol. The van der Waals surface area contributed by atoms with E-state index in [-0.39, 0.29) is 5.97 Å². The van der Waals surface area contributed by atoms with Gasteiger partial charge in [0.25, 0.3) is 0 Å². The number of aromatic nitrogens is 2. The van der Waals surface area contributed by atoms with Crippen LogP contribution in [0.2, 0.25) is 0 Å². The summed E-state index contributed by atoms with van der Waals surface area (Å²) in [6.07, 6.45) is 0.